The van der Waals surface area contributed by atoms with E-state index in [9.17, 15) is 22.4 Å². The van der Waals surface area contributed by atoms with Gasteiger partial charge >= 0.3 is 6.18 Å². The summed E-state index contributed by atoms with van der Waals surface area (Å²) in [5, 5.41) is 4.49. The number of halogens is 4. The van der Waals surface area contributed by atoms with Gasteiger partial charge in [-0.1, -0.05) is 48.2 Å². The fraction of sp³-hybridized carbons (Fsp3) is 0.226. The van der Waals surface area contributed by atoms with E-state index < -0.39 is 11.7 Å². The van der Waals surface area contributed by atoms with Crippen molar-refractivity contribution in [2.75, 3.05) is 37.6 Å². The van der Waals surface area contributed by atoms with Crippen molar-refractivity contribution in [1.82, 2.24) is 14.7 Å². The number of alkyl halides is 3. The van der Waals surface area contributed by atoms with E-state index in [2.05, 4.69) is 21.8 Å². The number of hydrogen-bond acceptors (Lipinski definition) is 4. The minimum Gasteiger partial charge on any atom is -0.369 e. The molecule has 0 bridgehead atoms. The first-order valence-corrected chi connectivity index (χ1v) is 12.8. The van der Waals surface area contributed by atoms with Gasteiger partial charge in [0.05, 0.1) is 23.4 Å². The standard InChI is InChI=1S/C31H26F4N4O/c32-26-13-11-24(12-14-26)29-22-28(23-7-2-1-3-8-23)30(40)39(36-29)16-5-4-15-37-17-19-38(20-18-37)27-10-6-9-25(21-27)31(33,34)35/h1-3,6-14,21-22H,15-20H2. The topological polar surface area (TPSA) is 41.4 Å². The van der Waals surface area contributed by atoms with E-state index in [0.717, 1.165) is 11.6 Å². The van der Waals surface area contributed by atoms with Crippen molar-refractivity contribution < 1.29 is 17.6 Å². The lowest BCUT2D eigenvalue weighted by Gasteiger charge is -2.35. The van der Waals surface area contributed by atoms with Crippen LogP contribution < -0.4 is 10.5 Å². The van der Waals surface area contributed by atoms with E-state index in [1.807, 2.05) is 35.2 Å². The van der Waals surface area contributed by atoms with Gasteiger partial charge in [0.1, 0.15) is 12.4 Å². The molecule has 0 spiro atoms. The van der Waals surface area contributed by atoms with Gasteiger partial charge in [-0.15, -0.1) is 0 Å². The van der Waals surface area contributed by atoms with Gasteiger partial charge in [0.2, 0.25) is 0 Å². The molecule has 4 aromatic rings. The Morgan fingerprint density at radius 3 is 2.17 bits per heavy atom. The van der Waals surface area contributed by atoms with E-state index in [4.69, 9.17) is 0 Å². The molecule has 1 aromatic heterocycles. The lowest BCUT2D eigenvalue weighted by Crippen LogP contribution is -2.46. The van der Waals surface area contributed by atoms with Crippen LogP contribution in [0.15, 0.2) is 89.7 Å². The highest BCUT2D eigenvalue weighted by molar-refractivity contribution is 5.69. The minimum atomic E-state index is -4.37. The largest absolute Gasteiger partial charge is 0.416 e. The molecular formula is C31H26F4N4O. The highest BCUT2D eigenvalue weighted by Gasteiger charge is 2.31. The first-order valence-electron chi connectivity index (χ1n) is 12.8. The normalized spacial score (nSPS) is 14.1. The molecule has 204 valence electrons. The van der Waals surface area contributed by atoms with E-state index >= 15 is 0 Å². The average Bonchev–Trinajstić information content (AvgIpc) is 2.97. The second-order valence-corrected chi connectivity index (χ2v) is 9.44. The molecule has 5 rings (SSSR count). The fourth-order valence-corrected chi connectivity index (χ4v) is 4.58. The maximum absolute atomic E-state index is 13.5. The van der Waals surface area contributed by atoms with Crippen LogP contribution in [0.5, 0.6) is 0 Å². The van der Waals surface area contributed by atoms with Crippen LogP contribution in [0.25, 0.3) is 22.4 Å². The Bertz CT molecular complexity index is 1580. The van der Waals surface area contributed by atoms with E-state index in [-0.39, 0.29) is 17.9 Å². The number of nitrogens with zero attached hydrogens (tertiary/aromatic N) is 4. The molecule has 3 aromatic carbocycles. The van der Waals surface area contributed by atoms with Crippen LogP contribution in [0.2, 0.25) is 0 Å². The van der Waals surface area contributed by atoms with E-state index in [1.165, 1.54) is 28.9 Å². The van der Waals surface area contributed by atoms with Crippen LogP contribution >= 0.6 is 0 Å². The second kappa shape index (κ2) is 11.8. The summed E-state index contributed by atoms with van der Waals surface area (Å²) in [7, 11) is 0. The summed E-state index contributed by atoms with van der Waals surface area (Å²) in [5.41, 5.74) is 2.06. The molecule has 0 aliphatic carbocycles. The summed E-state index contributed by atoms with van der Waals surface area (Å²) >= 11 is 0. The van der Waals surface area contributed by atoms with Gasteiger partial charge < -0.3 is 4.90 Å². The molecular weight excluding hydrogens is 520 g/mol. The van der Waals surface area contributed by atoms with Crippen molar-refractivity contribution in [3.05, 3.63) is 107 Å². The molecule has 40 heavy (non-hydrogen) atoms. The third kappa shape index (κ3) is 6.41. The summed E-state index contributed by atoms with van der Waals surface area (Å²) in [6, 6.07) is 22.3. The molecule has 1 aliphatic rings. The second-order valence-electron chi connectivity index (χ2n) is 9.44. The summed E-state index contributed by atoms with van der Waals surface area (Å²) in [4.78, 5) is 17.3. The molecule has 1 fully saturated rings. The predicted molar refractivity (Wildman–Crippen MR) is 147 cm³/mol. The van der Waals surface area contributed by atoms with Crippen LogP contribution in [0.4, 0.5) is 23.2 Å². The van der Waals surface area contributed by atoms with Crippen LogP contribution in [-0.2, 0) is 12.7 Å². The monoisotopic (exact) mass is 546 g/mol. The number of hydrogen-bond donors (Lipinski definition) is 0. The molecule has 0 N–H and O–H groups in total. The highest BCUT2D eigenvalue weighted by Crippen LogP contribution is 2.32. The summed E-state index contributed by atoms with van der Waals surface area (Å²) in [6.07, 6.45) is -4.37. The summed E-state index contributed by atoms with van der Waals surface area (Å²) in [6.45, 7) is 3.03. The summed E-state index contributed by atoms with van der Waals surface area (Å²) in [5.74, 6) is 5.77. The average molecular weight is 547 g/mol. The Balaban J connectivity index is 1.27. The fourth-order valence-electron chi connectivity index (χ4n) is 4.58. The molecule has 0 saturated carbocycles. The van der Waals surface area contributed by atoms with Gasteiger partial charge in [-0.05, 0) is 54.1 Å². The van der Waals surface area contributed by atoms with E-state index in [0.29, 0.717) is 55.2 Å². The maximum atomic E-state index is 13.5. The quantitative estimate of drug-likeness (QED) is 0.243. The molecule has 9 heteroatoms. The zero-order chi connectivity index (χ0) is 28.1. The Morgan fingerprint density at radius 2 is 1.48 bits per heavy atom. The lowest BCUT2D eigenvalue weighted by atomic mass is 10.0. The Morgan fingerprint density at radius 1 is 0.775 bits per heavy atom. The third-order valence-corrected chi connectivity index (χ3v) is 6.77. The van der Waals surface area contributed by atoms with Crippen molar-refractivity contribution in [2.45, 2.75) is 12.7 Å². The molecule has 0 unspecified atom stereocenters. The predicted octanol–water partition coefficient (Wildman–Crippen LogP) is 5.56. The molecule has 1 saturated heterocycles. The van der Waals surface area contributed by atoms with Crippen LogP contribution in [0.3, 0.4) is 0 Å². The van der Waals surface area contributed by atoms with Crippen molar-refractivity contribution in [1.29, 1.82) is 0 Å². The third-order valence-electron chi connectivity index (χ3n) is 6.77. The molecule has 5 nitrogen and oxygen atoms in total. The van der Waals surface area contributed by atoms with Crippen LogP contribution in [-0.4, -0.2) is 47.4 Å². The Hall–Kier alpha value is -4.42. The van der Waals surface area contributed by atoms with Gasteiger partial charge in [-0.25, -0.2) is 9.07 Å². The minimum absolute atomic E-state index is 0.0813. The van der Waals surface area contributed by atoms with Gasteiger partial charge in [0, 0.05) is 37.4 Å². The smallest absolute Gasteiger partial charge is 0.369 e. The number of piperazine rings is 1. The molecule has 0 amide bonds. The molecule has 1 aliphatic heterocycles. The highest BCUT2D eigenvalue weighted by atomic mass is 19.4. The van der Waals surface area contributed by atoms with Gasteiger partial charge in [-0.3, -0.25) is 9.69 Å². The van der Waals surface area contributed by atoms with E-state index in [1.54, 1.807) is 24.3 Å². The summed E-state index contributed by atoms with van der Waals surface area (Å²) < 4.78 is 54.0. The zero-order valence-electron chi connectivity index (χ0n) is 21.5. The first kappa shape index (κ1) is 27.2. The maximum Gasteiger partial charge on any atom is 0.416 e. The van der Waals surface area contributed by atoms with Crippen molar-refractivity contribution in [3.8, 4) is 34.2 Å². The number of benzene rings is 3. The SMILES string of the molecule is O=c1c(-c2ccccc2)cc(-c2ccc(F)cc2)nn1CC#CCN1CCN(c2cccc(C(F)(F)F)c2)CC1. The van der Waals surface area contributed by atoms with Crippen molar-refractivity contribution in [2.24, 2.45) is 0 Å². The Labute approximate surface area is 229 Å². The lowest BCUT2D eigenvalue weighted by molar-refractivity contribution is -0.137. The first-order chi connectivity index (χ1) is 19.3. The van der Waals surface area contributed by atoms with Crippen molar-refractivity contribution >= 4 is 5.69 Å². The molecule has 2 heterocycles. The van der Waals surface area contributed by atoms with Crippen LogP contribution in [0.1, 0.15) is 5.56 Å². The van der Waals surface area contributed by atoms with Gasteiger partial charge in [-0.2, -0.15) is 18.3 Å². The zero-order valence-corrected chi connectivity index (χ0v) is 21.5. The van der Waals surface area contributed by atoms with Gasteiger partial charge in [0.25, 0.3) is 5.56 Å². The number of rotatable bonds is 5. The Kier molecular flexibility index (Phi) is 7.99. The van der Waals surface area contributed by atoms with Crippen LogP contribution in [0, 0.1) is 17.7 Å². The van der Waals surface area contributed by atoms with Gasteiger partial charge in [0.15, 0.2) is 0 Å². The number of aromatic nitrogens is 2. The molecule has 0 atom stereocenters. The van der Waals surface area contributed by atoms with Crippen molar-refractivity contribution in [3.63, 3.8) is 0 Å². The number of anilines is 1. The molecule has 0 radical (unpaired) electrons.